The normalized spacial score (nSPS) is 12.2. The number of aryl methyl sites for hydroxylation is 2. The predicted molar refractivity (Wildman–Crippen MR) is 79.8 cm³/mol. The van der Waals surface area contributed by atoms with Crippen molar-refractivity contribution >= 4 is 0 Å². The highest BCUT2D eigenvalue weighted by Crippen LogP contribution is 2.31. The van der Waals surface area contributed by atoms with Gasteiger partial charge in [-0.2, -0.15) is 0 Å². The smallest absolute Gasteiger partial charge is 0.129 e. The molecule has 0 radical (unpaired) electrons. The van der Waals surface area contributed by atoms with Crippen LogP contribution in [0.1, 0.15) is 28.3 Å². The molecule has 0 bridgehead atoms. The Morgan fingerprint density at radius 3 is 2.25 bits per heavy atom. The molecule has 0 spiro atoms. The summed E-state index contributed by atoms with van der Waals surface area (Å²) in [5.74, 6) is 0.690. The van der Waals surface area contributed by atoms with Gasteiger partial charge in [-0.25, -0.2) is 4.39 Å². The monoisotopic (exact) mass is 273 g/mol. The van der Waals surface area contributed by atoms with Gasteiger partial charge in [-0.3, -0.25) is 0 Å². The number of hydrogen-bond donors (Lipinski definition) is 1. The molecule has 106 valence electrons. The number of methoxy groups -OCH3 is 1. The highest BCUT2D eigenvalue weighted by atomic mass is 19.1. The van der Waals surface area contributed by atoms with Crippen LogP contribution in [0.3, 0.4) is 0 Å². The van der Waals surface area contributed by atoms with Crippen LogP contribution >= 0.6 is 0 Å². The van der Waals surface area contributed by atoms with Crippen LogP contribution in [0.25, 0.3) is 0 Å². The Kier molecular flexibility index (Phi) is 4.40. The molecule has 0 heterocycles. The lowest BCUT2D eigenvalue weighted by atomic mass is 9.95. The van der Waals surface area contributed by atoms with E-state index in [2.05, 4.69) is 5.32 Å². The zero-order chi connectivity index (χ0) is 14.7. The Bertz CT molecular complexity index is 587. The van der Waals surface area contributed by atoms with Crippen molar-refractivity contribution in [2.75, 3.05) is 14.2 Å². The topological polar surface area (TPSA) is 21.3 Å². The number of hydrogen-bond acceptors (Lipinski definition) is 2. The van der Waals surface area contributed by atoms with Gasteiger partial charge in [0.05, 0.1) is 13.2 Å². The quantitative estimate of drug-likeness (QED) is 0.915. The SMILES string of the molecule is CNC(c1cc(C)c(F)c(C)c1)c1ccccc1OC. The van der Waals surface area contributed by atoms with Crippen molar-refractivity contribution in [3.63, 3.8) is 0 Å². The maximum absolute atomic E-state index is 13.8. The van der Waals surface area contributed by atoms with Crippen LogP contribution in [0.4, 0.5) is 4.39 Å². The van der Waals surface area contributed by atoms with Crippen molar-refractivity contribution in [1.82, 2.24) is 5.32 Å². The Balaban J connectivity index is 2.52. The first-order valence-electron chi connectivity index (χ1n) is 6.65. The number of ether oxygens (including phenoxy) is 1. The van der Waals surface area contributed by atoms with Crippen molar-refractivity contribution in [1.29, 1.82) is 0 Å². The van der Waals surface area contributed by atoms with E-state index in [1.54, 1.807) is 21.0 Å². The molecule has 0 saturated carbocycles. The Morgan fingerprint density at radius 2 is 1.70 bits per heavy atom. The van der Waals surface area contributed by atoms with Gasteiger partial charge < -0.3 is 10.1 Å². The summed E-state index contributed by atoms with van der Waals surface area (Å²) in [5.41, 5.74) is 3.40. The van der Waals surface area contributed by atoms with Crippen molar-refractivity contribution in [3.05, 3.63) is 64.5 Å². The molecule has 0 aromatic heterocycles. The summed E-state index contributed by atoms with van der Waals surface area (Å²) in [6.07, 6.45) is 0. The van der Waals surface area contributed by atoms with Crippen LogP contribution in [0, 0.1) is 19.7 Å². The maximum Gasteiger partial charge on any atom is 0.129 e. The molecule has 0 aliphatic heterocycles. The van der Waals surface area contributed by atoms with E-state index < -0.39 is 0 Å². The van der Waals surface area contributed by atoms with Gasteiger partial charge in [0.15, 0.2) is 0 Å². The van der Waals surface area contributed by atoms with E-state index >= 15 is 0 Å². The van der Waals surface area contributed by atoms with Crippen molar-refractivity contribution in [3.8, 4) is 5.75 Å². The number of para-hydroxylation sites is 1. The average molecular weight is 273 g/mol. The molecule has 2 aromatic carbocycles. The molecule has 0 saturated heterocycles. The molecule has 1 unspecified atom stereocenters. The van der Waals surface area contributed by atoms with E-state index in [4.69, 9.17) is 4.74 Å². The molecule has 3 heteroatoms. The van der Waals surface area contributed by atoms with Crippen LogP contribution in [0.5, 0.6) is 5.75 Å². The van der Waals surface area contributed by atoms with Gasteiger partial charge in [0.25, 0.3) is 0 Å². The van der Waals surface area contributed by atoms with Crippen LogP contribution in [0.2, 0.25) is 0 Å². The summed E-state index contributed by atoms with van der Waals surface area (Å²) in [4.78, 5) is 0. The van der Waals surface area contributed by atoms with Gasteiger partial charge in [0, 0.05) is 5.56 Å². The summed E-state index contributed by atoms with van der Waals surface area (Å²) in [7, 11) is 3.55. The minimum atomic E-state index is -0.136. The molecule has 1 atom stereocenters. The number of nitrogens with one attached hydrogen (secondary N) is 1. The zero-order valence-electron chi connectivity index (χ0n) is 12.3. The van der Waals surface area contributed by atoms with E-state index in [0.29, 0.717) is 11.1 Å². The zero-order valence-corrected chi connectivity index (χ0v) is 12.3. The van der Waals surface area contributed by atoms with Crippen LogP contribution in [0.15, 0.2) is 36.4 Å². The minimum absolute atomic E-state index is 0.0239. The van der Waals surface area contributed by atoms with Crippen molar-refractivity contribution in [2.45, 2.75) is 19.9 Å². The summed E-state index contributed by atoms with van der Waals surface area (Å²) in [5, 5.41) is 3.28. The Hall–Kier alpha value is -1.87. The summed E-state index contributed by atoms with van der Waals surface area (Å²) in [6.45, 7) is 3.58. The highest BCUT2D eigenvalue weighted by Gasteiger charge is 2.18. The molecule has 20 heavy (non-hydrogen) atoms. The molecule has 1 N–H and O–H groups in total. The predicted octanol–water partition coefficient (Wildman–Crippen LogP) is 3.76. The largest absolute Gasteiger partial charge is 0.496 e. The van der Waals surface area contributed by atoms with Crippen molar-refractivity contribution in [2.24, 2.45) is 0 Å². The molecule has 0 fully saturated rings. The third kappa shape index (κ3) is 2.68. The third-order valence-corrected chi connectivity index (χ3v) is 3.53. The van der Waals surface area contributed by atoms with Crippen LogP contribution in [-0.4, -0.2) is 14.2 Å². The first kappa shape index (κ1) is 14.5. The second-order valence-electron chi connectivity index (χ2n) is 4.93. The highest BCUT2D eigenvalue weighted by molar-refractivity contribution is 5.43. The standard InChI is InChI=1S/C17H20FNO/c1-11-9-13(10-12(2)16(11)18)17(19-3)14-7-5-6-8-15(14)20-4/h5-10,17,19H,1-4H3. The van der Waals surface area contributed by atoms with E-state index in [9.17, 15) is 4.39 Å². The number of halogens is 1. The van der Waals surface area contributed by atoms with Crippen molar-refractivity contribution < 1.29 is 9.13 Å². The summed E-state index contributed by atoms with van der Waals surface area (Å²) >= 11 is 0. The maximum atomic E-state index is 13.8. The molecule has 0 aliphatic carbocycles. The van der Waals surface area contributed by atoms with Gasteiger partial charge in [-0.1, -0.05) is 30.3 Å². The second-order valence-corrected chi connectivity index (χ2v) is 4.93. The molecule has 0 amide bonds. The molecule has 0 aliphatic rings. The van der Waals surface area contributed by atoms with Gasteiger partial charge in [-0.15, -0.1) is 0 Å². The minimum Gasteiger partial charge on any atom is -0.496 e. The van der Waals surface area contributed by atoms with Crippen LogP contribution in [-0.2, 0) is 0 Å². The fourth-order valence-electron chi connectivity index (χ4n) is 2.55. The first-order chi connectivity index (χ1) is 9.58. The molecule has 2 aromatic rings. The van der Waals surface area contributed by atoms with Gasteiger partial charge in [0.2, 0.25) is 0 Å². The average Bonchev–Trinajstić information content (AvgIpc) is 2.46. The lowest BCUT2D eigenvalue weighted by Gasteiger charge is -2.21. The molecular formula is C17H20FNO. The molecular weight excluding hydrogens is 253 g/mol. The van der Waals surface area contributed by atoms with E-state index in [1.807, 2.05) is 43.4 Å². The van der Waals surface area contributed by atoms with E-state index in [1.165, 1.54) is 0 Å². The van der Waals surface area contributed by atoms with Gasteiger partial charge >= 0.3 is 0 Å². The molecule has 2 rings (SSSR count). The van der Waals surface area contributed by atoms with Gasteiger partial charge in [-0.05, 0) is 43.7 Å². The lowest BCUT2D eigenvalue weighted by Crippen LogP contribution is -2.19. The van der Waals surface area contributed by atoms with E-state index in [-0.39, 0.29) is 11.9 Å². The van der Waals surface area contributed by atoms with E-state index in [0.717, 1.165) is 16.9 Å². The Morgan fingerprint density at radius 1 is 1.10 bits per heavy atom. The summed E-state index contributed by atoms with van der Waals surface area (Å²) in [6, 6.07) is 11.6. The molecule has 2 nitrogen and oxygen atoms in total. The third-order valence-electron chi connectivity index (χ3n) is 3.53. The number of benzene rings is 2. The fraction of sp³-hybridized carbons (Fsp3) is 0.294. The number of rotatable bonds is 4. The second kappa shape index (κ2) is 6.06. The van der Waals surface area contributed by atoms with Crippen LogP contribution < -0.4 is 10.1 Å². The first-order valence-corrected chi connectivity index (χ1v) is 6.65. The van der Waals surface area contributed by atoms with Gasteiger partial charge in [0.1, 0.15) is 11.6 Å². The fourth-order valence-corrected chi connectivity index (χ4v) is 2.55. The summed E-state index contributed by atoms with van der Waals surface area (Å²) < 4.78 is 19.2. The Labute approximate surface area is 119 Å². The lowest BCUT2D eigenvalue weighted by molar-refractivity contribution is 0.405.